The summed E-state index contributed by atoms with van der Waals surface area (Å²) in [6.45, 7) is 4.48. The molecular weight excluding hydrogens is 568 g/mol. The zero-order valence-electron chi connectivity index (χ0n) is 29.0. The number of rotatable bonds is 28. The highest BCUT2D eigenvalue weighted by Gasteiger charge is 1.92. The van der Waals surface area contributed by atoms with Crippen LogP contribution in [0.15, 0.2) is 122 Å². The minimum Gasteiger partial charge on any atom is -0.481 e. The second-order valence-corrected chi connectivity index (χ2v) is 10.9. The molecule has 0 radical (unpaired) electrons. The van der Waals surface area contributed by atoms with E-state index >= 15 is 0 Å². The van der Waals surface area contributed by atoms with Gasteiger partial charge in [-0.15, -0.1) is 0 Å². The van der Waals surface area contributed by atoms with Crippen LogP contribution in [0.4, 0.5) is 0 Å². The molecule has 0 amide bonds. The molecule has 0 saturated heterocycles. The fraction of sp³-hybridized carbons (Fsp3) is 0.476. The van der Waals surface area contributed by atoms with Crippen LogP contribution in [0.25, 0.3) is 0 Å². The third kappa shape index (κ3) is 47.3. The summed E-state index contributed by atoms with van der Waals surface area (Å²) in [5.41, 5.74) is 0. The van der Waals surface area contributed by atoms with E-state index in [1.165, 1.54) is 76.7 Å². The number of allylic oxidation sites excluding steroid dienone is 19. The van der Waals surface area contributed by atoms with E-state index in [-0.39, 0.29) is 6.42 Å². The van der Waals surface area contributed by atoms with Crippen molar-refractivity contribution in [3.63, 3.8) is 0 Å². The summed E-state index contributed by atoms with van der Waals surface area (Å²) < 4.78 is 0. The lowest BCUT2D eigenvalue weighted by Crippen LogP contribution is -1.92. The normalized spacial score (nSPS) is 12.7. The third-order valence-corrected chi connectivity index (χ3v) is 6.57. The quantitative estimate of drug-likeness (QED) is 0.0389. The number of unbranched alkanes of at least 4 members (excludes halogenated alkanes) is 11. The number of aliphatic carboxylic acids is 2. The van der Waals surface area contributed by atoms with Gasteiger partial charge in [-0.2, -0.15) is 0 Å². The van der Waals surface area contributed by atoms with E-state index in [4.69, 9.17) is 10.2 Å². The summed E-state index contributed by atoms with van der Waals surface area (Å²) in [5.74, 6) is -1.65. The van der Waals surface area contributed by atoms with Crippen LogP contribution in [0, 0.1) is 0 Å². The topological polar surface area (TPSA) is 74.6 Å². The van der Waals surface area contributed by atoms with E-state index in [1.807, 2.05) is 36.5 Å². The Balaban J connectivity index is 0. The van der Waals surface area contributed by atoms with Crippen molar-refractivity contribution in [3.05, 3.63) is 122 Å². The number of carbonyl (C=O) groups is 2. The predicted octanol–water partition coefficient (Wildman–Crippen LogP) is 12.8. The van der Waals surface area contributed by atoms with Crippen LogP contribution in [0.2, 0.25) is 0 Å². The Kier molecular flexibility index (Phi) is 40.0. The lowest BCUT2D eigenvalue weighted by Gasteiger charge is -1.98. The summed E-state index contributed by atoms with van der Waals surface area (Å²) >= 11 is 0. The van der Waals surface area contributed by atoms with Crippen molar-refractivity contribution in [2.24, 2.45) is 0 Å². The maximum atomic E-state index is 10.3. The SMILES string of the molecule is CCCCC/C=C\C/C=C\C/C=C\C/C=C\CCCC(=O)O.CCCCCCCCCC=CC=CC=CC=CC=CC=CC(=O)O. The Hall–Kier alpha value is -3.66. The Morgan fingerprint density at radius 3 is 1.28 bits per heavy atom. The van der Waals surface area contributed by atoms with Crippen LogP contribution < -0.4 is 0 Å². The second-order valence-electron chi connectivity index (χ2n) is 10.9. The molecule has 0 bridgehead atoms. The molecule has 0 saturated carbocycles. The number of hydrogen-bond acceptors (Lipinski definition) is 2. The fourth-order valence-electron chi connectivity index (χ4n) is 3.98. The Morgan fingerprint density at radius 2 is 0.783 bits per heavy atom. The molecule has 0 aliphatic rings. The molecule has 0 aromatic rings. The molecule has 4 heteroatoms. The molecule has 46 heavy (non-hydrogen) atoms. The smallest absolute Gasteiger partial charge is 0.328 e. The van der Waals surface area contributed by atoms with Crippen molar-refractivity contribution in [3.8, 4) is 0 Å². The van der Waals surface area contributed by atoms with Gasteiger partial charge in [0.2, 0.25) is 0 Å². The molecule has 256 valence electrons. The van der Waals surface area contributed by atoms with E-state index in [1.54, 1.807) is 12.2 Å². The van der Waals surface area contributed by atoms with Crippen LogP contribution in [0.3, 0.4) is 0 Å². The summed E-state index contributed by atoms with van der Waals surface area (Å²) in [6.07, 6.45) is 60.1. The number of carboxylic acids is 2. The van der Waals surface area contributed by atoms with E-state index in [9.17, 15) is 9.59 Å². The molecule has 0 heterocycles. The predicted molar refractivity (Wildman–Crippen MR) is 201 cm³/mol. The Labute approximate surface area is 282 Å². The first-order valence-corrected chi connectivity index (χ1v) is 17.6. The average Bonchev–Trinajstić information content (AvgIpc) is 3.03. The van der Waals surface area contributed by atoms with Crippen molar-refractivity contribution in [1.29, 1.82) is 0 Å². The van der Waals surface area contributed by atoms with E-state index in [2.05, 4.69) is 74.6 Å². The van der Waals surface area contributed by atoms with Gasteiger partial charge in [-0.25, -0.2) is 4.79 Å². The highest BCUT2D eigenvalue weighted by atomic mass is 16.4. The van der Waals surface area contributed by atoms with Gasteiger partial charge in [0.1, 0.15) is 0 Å². The van der Waals surface area contributed by atoms with Crippen LogP contribution >= 0.6 is 0 Å². The van der Waals surface area contributed by atoms with Crippen LogP contribution in [0.5, 0.6) is 0 Å². The number of carboxylic acid groups (broad SMARTS) is 2. The summed E-state index contributed by atoms with van der Waals surface area (Å²) in [7, 11) is 0. The van der Waals surface area contributed by atoms with Crippen molar-refractivity contribution < 1.29 is 19.8 Å². The highest BCUT2D eigenvalue weighted by Crippen LogP contribution is 2.08. The molecular formula is C42H64O4. The van der Waals surface area contributed by atoms with Gasteiger partial charge in [0.25, 0.3) is 0 Å². The van der Waals surface area contributed by atoms with Crippen molar-refractivity contribution in [2.45, 2.75) is 129 Å². The standard InChI is InChI=1S/C22H32O2.C20H32O2/c1-2-3-4-5-6-7-8-9-10-11-12-13-14-15-16-17-18-19-20-21-22(23)24;1-2-3-4-5-6-7-8-9-10-11-12-13-14-15-16-17-18-19-20(21)22/h10-21H,2-9H2,1H3,(H,23,24);6-7,9-10,12-13,15-16H,2-5,8,11,14,17-19H2,1H3,(H,21,22)/b;7-6-,10-9-,13-12-,16-15-. The molecule has 0 aromatic heterocycles. The lowest BCUT2D eigenvalue weighted by atomic mass is 10.1. The maximum absolute atomic E-state index is 10.3. The first-order valence-electron chi connectivity index (χ1n) is 17.6. The molecule has 4 nitrogen and oxygen atoms in total. The molecule has 0 spiro atoms. The van der Waals surface area contributed by atoms with Gasteiger partial charge in [-0.05, 0) is 57.8 Å². The first kappa shape index (κ1) is 44.5. The molecule has 0 aromatic carbocycles. The summed E-state index contributed by atoms with van der Waals surface area (Å²) in [5, 5.41) is 16.9. The van der Waals surface area contributed by atoms with Gasteiger partial charge in [0.05, 0.1) is 0 Å². The van der Waals surface area contributed by atoms with Gasteiger partial charge in [-0.3, -0.25) is 4.79 Å². The third-order valence-electron chi connectivity index (χ3n) is 6.57. The zero-order valence-corrected chi connectivity index (χ0v) is 29.0. The lowest BCUT2D eigenvalue weighted by molar-refractivity contribution is -0.137. The van der Waals surface area contributed by atoms with Crippen molar-refractivity contribution in [1.82, 2.24) is 0 Å². The number of hydrogen-bond donors (Lipinski definition) is 2. The van der Waals surface area contributed by atoms with Gasteiger partial charge >= 0.3 is 11.9 Å². The molecule has 0 aliphatic heterocycles. The van der Waals surface area contributed by atoms with Gasteiger partial charge in [0.15, 0.2) is 0 Å². The highest BCUT2D eigenvalue weighted by molar-refractivity contribution is 5.80. The first-order chi connectivity index (χ1) is 22.5. The Bertz CT molecular complexity index is 983. The largest absolute Gasteiger partial charge is 0.481 e. The molecule has 0 atom stereocenters. The average molecular weight is 633 g/mol. The molecule has 0 aliphatic carbocycles. The van der Waals surface area contributed by atoms with E-state index < -0.39 is 11.9 Å². The van der Waals surface area contributed by atoms with Gasteiger partial charge in [0, 0.05) is 12.5 Å². The van der Waals surface area contributed by atoms with Crippen molar-refractivity contribution in [2.75, 3.05) is 0 Å². The maximum Gasteiger partial charge on any atom is 0.328 e. The fourth-order valence-corrected chi connectivity index (χ4v) is 3.98. The van der Waals surface area contributed by atoms with Crippen LogP contribution in [-0.2, 0) is 9.59 Å². The zero-order chi connectivity index (χ0) is 34.0. The molecule has 2 N–H and O–H groups in total. The Morgan fingerprint density at radius 1 is 0.413 bits per heavy atom. The summed E-state index contributed by atoms with van der Waals surface area (Å²) in [4.78, 5) is 20.5. The van der Waals surface area contributed by atoms with Gasteiger partial charge in [-0.1, -0.05) is 181 Å². The minimum absolute atomic E-state index is 0.262. The van der Waals surface area contributed by atoms with Crippen molar-refractivity contribution >= 4 is 11.9 Å². The van der Waals surface area contributed by atoms with Crippen LogP contribution in [-0.4, -0.2) is 22.2 Å². The summed E-state index contributed by atoms with van der Waals surface area (Å²) in [6, 6.07) is 0. The van der Waals surface area contributed by atoms with E-state index in [0.29, 0.717) is 0 Å². The molecule has 0 unspecified atom stereocenters. The monoisotopic (exact) mass is 632 g/mol. The molecule has 0 rings (SSSR count). The van der Waals surface area contributed by atoms with Gasteiger partial charge < -0.3 is 10.2 Å². The minimum atomic E-state index is -0.936. The van der Waals surface area contributed by atoms with E-state index in [0.717, 1.165) is 44.6 Å². The molecule has 0 fully saturated rings. The second kappa shape index (κ2) is 41.3. The van der Waals surface area contributed by atoms with Crippen LogP contribution in [0.1, 0.15) is 129 Å².